The van der Waals surface area contributed by atoms with Crippen LogP contribution in [0.4, 0.5) is 4.39 Å². The first kappa shape index (κ1) is 23.8. The van der Waals surface area contributed by atoms with Crippen LogP contribution in [0.2, 0.25) is 0 Å². The zero-order valence-corrected chi connectivity index (χ0v) is 19.3. The molecule has 0 aliphatic rings. The van der Waals surface area contributed by atoms with Gasteiger partial charge in [-0.3, -0.25) is 0 Å². The third-order valence-electron chi connectivity index (χ3n) is 4.72. The number of aryl methyl sites for hydroxylation is 1. The Bertz CT molecular complexity index is 1190. The highest BCUT2D eigenvalue weighted by Gasteiger charge is 2.12. The van der Waals surface area contributed by atoms with E-state index < -0.39 is 11.8 Å². The van der Waals surface area contributed by atoms with E-state index in [1.165, 1.54) is 17.7 Å². The minimum Gasteiger partial charge on any atom is -0.490 e. The Balaban J connectivity index is 1.80. The predicted octanol–water partition coefficient (Wildman–Crippen LogP) is 6.63. The summed E-state index contributed by atoms with van der Waals surface area (Å²) in [4.78, 5) is 11.7. The van der Waals surface area contributed by atoms with Crippen molar-refractivity contribution >= 4 is 17.8 Å². The molecule has 0 N–H and O–H groups in total. The minimum absolute atomic E-state index is 0.0358. The van der Waals surface area contributed by atoms with Crippen LogP contribution in [-0.4, -0.2) is 18.7 Å². The first-order chi connectivity index (χ1) is 15.9. The van der Waals surface area contributed by atoms with E-state index in [0.717, 1.165) is 22.4 Å². The second-order valence-electron chi connectivity index (χ2n) is 7.83. The topological polar surface area (TPSA) is 35.5 Å². The van der Waals surface area contributed by atoms with Crippen LogP contribution in [-0.2, 0) is 9.47 Å². The number of esters is 1. The maximum Gasteiger partial charge on any atom is 0.341 e. The molecule has 0 unspecified atom stereocenters. The van der Waals surface area contributed by atoms with Gasteiger partial charge in [-0.2, -0.15) is 0 Å². The van der Waals surface area contributed by atoms with Gasteiger partial charge in [0.05, 0.1) is 18.3 Å². The van der Waals surface area contributed by atoms with Crippen LogP contribution in [0.1, 0.15) is 58.9 Å². The van der Waals surface area contributed by atoms with E-state index in [9.17, 15) is 9.18 Å². The lowest BCUT2D eigenvalue weighted by Gasteiger charge is -2.14. The molecule has 0 amide bonds. The van der Waals surface area contributed by atoms with Gasteiger partial charge in [-0.05, 0) is 69.7 Å². The van der Waals surface area contributed by atoms with Gasteiger partial charge in [0.2, 0.25) is 0 Å². The summed E-state index contributed by atoms with van der Waals surface area (Å²) in [5.74, 6) is 5.43. The fourth-order valence-electron chi connectivity index (χ4n) is 3.08. The van der Waals surface area contributed by atoms with Crippen LogP contribution in [0, 0.1) is 24.6 Å². The minimum atomic E-state index is -0.678. The molecule has 0 fully saturated rings. The number of carbonyl (C=O) groups excluding carboxylic acids is 1. The van der Waals surface area contributed by atoms with E-state index in [1.807, 2.05) is 44.2 Å². The zero-order valence-electron chi connectivity index (χ0n) is 19.3. The Morgan fingerprint density at radius 3 is 2.21 bits per heavy atom. The second kappa shape index (κ2) is 11.2. The van der Waals surface area contributed by atoms with Crippen molar-refractivity contribution in [1.82, 2.24) is 0 Å². The van der Waals surface area contributed by atoms with Crippen LogP contribution in [0.5, 0.6) is 0 Å². The van der Waals surface area contributed by atoms with Gasteiger partial charge < -0.3 is 9.47 Å². The lowest BCUT2D eigenvalue weighted by Crippen LogP contribution is -2.07. The van der Waals surface area contributed by atoms with Crippen molar-refractivity contribution in [2.24, 2.45) is 0 Å². The highest BCUT2D eigenvalue weighted by atomic mass is 19.1. The molecule has 0 heterocycles. The molecule has 0 spiro atoms. The quantitative estimate of drug-likeness (QED) is 0.186. The molecule has 33 heavy (non-hydrogen) atoms. The predicted molar refractivity (Wildman–Crippen MR) is 130 cm³/mol. The van der Waals surface area contributed by atoms with E-state index in [-0.39, 0.29) is 18.3 Å². The molecule has 3 rings (SSSR count). The van der Waals surface area contributed by atoms with Crippen molar-refractivity contribution in [3.8, 4) is 11.8 Å². The van der Waals surface area contributed by atoms with Gasteiger partial charge in [-0.1, -0.05) is 53.8 Å². The molecule has 0 atom stereocenters. The standard InChI is InChI=1S/C29H27FO3/c1-5-32-29(31)26-17-14-23(18-27(26)30)11-10-22-12-15-25(16-13-22)28(33-20(2)3)19-24-8-6-21(4)7-9-24/h6-9,12-20H,5H2,1-4H3/b28-19-. The van der Waals surface area contributed by atoms with Gasteiger partial charge in [-0.15, -0.1) is 0 Å². The van der Waals surface area contributed by atoms with Crippen molar-refractivity contribution in [1.29, 1.82) is 0 Å². The summed E-state index contributed by atoms with van der Waals surface area (Å²) >= 11 is 0. The van der Waals surface area contributed by atoms with Crippen molar-refractivity contribution < 1.29 is 18.7 Å². The molecular weight excluding hydrogens is 415 g/mol. The van der Waals surface area contributed by atoms with Gasteiger partial charge in [-0.25, -0.2) is 9.18 Å². The van der Waals surface area contributed by atoms with E-state index >= 15 is 0 Å². The third kappa shape index (κ3) is 6.82. The first-order valence-corrected chi connectivity index (χ1v) is 10.9. The van der Waals surface area contributed by atoms with Crippen LogP contribution in [0.15, 0.2) is 66.7 Å². The fraction of sp³-hybridized carbons (Fsp3) is 0.207. The lowest BCUT2D eigenvalue weighted by molar-refractivity contribution is 0.0521. The first-order valence-electron chi connectivity index (χ1n) is 10.9. The SMILES string of the molecule is CCOC(=O)c1ccc(C#Cc2ccc(/C(=C/c3ccc(C)cc3)OC(C)C)cc2)cc1F. The highest BCUT2D eigenvalue weighted by Crippen LogP contribution is 2.22. The molecule has 0 saturated heterocycles. The molecule has 3 aromatic rings. The monoisotopic (exact) mass is 442 g/mol. The molecule has 0 aliphatic heterocycles. The van der Waals surface area contributed by atoms with E-state index in [0.29, 0.717) is 5.56 Å². The molecular formula is C29H27FO3. The van der Waals surface area contributed by atoms with Crippen LogP contribution >= 0.6 is 0 Å². The molecule has 0 aliphatic carbocycles. The van der Waals surface area contributed by atoms with Gasteiger partial charge in [0.15, 0.2) is 0 Å². The Hall–Kier alpha value is -3.84. The Kier molecular flexibility index (Phi) is 8.05. The van der Waals surface area contributed by atoms with E-state index in [1.54, 1.807) is 13.0 Å². The van der Waals surface area contributed by atoms with Crippen LogP contribution in [0.3, 0.4) is 0 Å². The number of carbonyl (C=O) groups is 1. The van der Waals surface area contributed by atoms with Gasteiger partial charge in [0.1, 0.15) is 11.6 Å². The number of ether oxygens (including phenoxy) is 2. The highest BCUT2D eigenvalue weighted by molar-refractivity contribution is 5.89. The maximum atomic E-state index is 14.2. The molecule has 0 bridgehead atoms. The zero-order chi connectivity index (χ0) is 23.8. The van der Waals surface area contributed by atoms with Gasteiger partial charge in [0.25, 0.3) is 0 Å². The average Bonchev–Trinajstić information content (AvgIpc) is 2.79. The summed E-state index contributed by atoms with van der Waals surface area (Å²) in [6.45, 7) is 7.92. The number of benzene rings is 3. The molecule has 4 heteroatoms. The van der Waals surface area contributed by atoms with Gasteiger partial charge in [0, 0.05) is 16.7 Å². The maximum absolute atomic E-state index is 14.2. The average molecular weight is 443 g/mol. The van der Waals surface area contributed by atoms with E-state index in [2.05, 4.69) is 43.0 Å². The number of hydrogen-bond donors (Lipinski definition) is 0. The summed E-state index contributed by atoms with van der Waals surface area (Å²) in [7, 11) is 0. The summed E-state index contributed by atoms with van der Waals surface area (Å²) in [5, 5.41) is 0. The van der Waals surface area contributed by atoms with Crippen LogP contribution < -0.4 is 0 Å². The summed E-state index contributed by atoms with van der Waals surface area (Å²) in [6.07, 6.45) is 2.06. The smallest absolute Gasteiger partial charge is 0.341 e. The lowest BCUT2D eigenvalue weighted by atomic mass is 10.1. The normalized spacial score (nSPS) is 11.0. The molecule has 3 nitrogen and oxygen atoms in total. The van der Waals surface area contributed by atoms with Crippen molar-refractivity contribution in [2.75, 3.05) is 6.61 Å². The number of rotatable bonds is 6. The number of hydrogen-bond acceptors (Lipinski definition) is 3. The summed E-state index contributed by atoms with van der Waals surface area (Å²) in [5.41, 5.74) is 4.38. The third-order valence-corrected chi connectivity index (χ3v) is 4.72. The van der Waals surface area contributed by atoms with Crippen molar-refractivity contribution in [3.63, 3.8) is 0 Å². The van der Waals surface area contributed by atoms with Crippen molar-refractivity contribution in [2.45, 2.75) is 33.8 Å². The molecule has 3 aromatic carbocycles. The molecule has 0 radical (unpaired) electrons. The Morgan fingerprint density at radius 2 is 1.61 bits per heavy atom. The molecule has 0 aromatic heterocycles. The van der Waals surface area contributed by atoms with Crippen molar-refractivity contribution in [3.05, 3.63) is 106 Å². The van der Waals surface area contributed by atoms with Crippen LogP contribution in [0.25, 0.3) is 11.8 Å². The number of halogens is 1. The Labute approximate surface area is 194 Å². The Morgan fingerprint density at radius 1 is 0.970 bits per heavy atom. The second-order valence-corrected chi connectivity index (χ2v) is 7.83. The van der Waals surface area contributed by atoms with Gasteiger partial charge >= 0.3 is 5.97 Å². The fourth-order valence-corrected chi connectivity index (χ4v) is 3.08. The summed E-state index contributed by atoms with van der Waals surface area (Å²) < 4.78 is 25.1. The summed E-state index contributed by atoms with van der Waals surface area (Å²) in [6, 6.07) is 20.2. The van der Waals surface area contributed by atoms with E-state index in [4.69, 9.17) is 9.47 Å². The molecule has 0 saturated carbocycles. The largest absolute Gasteiger partial charge is 0.490 e. The molecule has 168 valence electrons.